The third kappa shape index (κ3) is 7.87. The van der Waals surface area contributed by atoms with Gasteiger partial charge in [0, 0.05) is 25.6 Å². The predicted molar refractivity (Wildman–Crippen MR) is 137 cm³/mol. The maximum Gasteiger partial charge on any atom is 0.242 e. The van der Waals surface area contributed by atoms with E-state index in [0.717, 1.165) is 23.8 Å². The van der Waals surface area contributed by atoms with E-state index in [1.165, 1.54) is 4.31 Å². The van der Waals surface area contributed by atoms with E-state index in [2.05, 4.69) is 5.32 Å². The number of hydrogen-bond acceptors (Lipinski definition) is 4. The zero-order chi connectivity index (χ0) is 25.3. The minimum atomic E-state index is -3.49. The lowest BCUT2D eigenvalue weighted by molar-refractivity contribution is -0.140. The van der Waals surface area contributed by atoms with Crippen molar-refractivity contribution >= 4 is 27.5 Å². The van der Waals surface area contributed by atoms with E-state index >= 15 is 0 Å². The number of benzene rings is 2. The number of carbonyl (C=O) groups excluding carboxylic acids is 2. The van der Waals surface area contributed by atoms with Crippen LogP contribution in [-0.4, -0.2) is 50.0 Å². The normalized spacial score (nSPS) is 13.1. The highest BCUT2D eigenvalue weighted by Crippen LogP contribution is 2.19. The molecule has 0 aromatic heterocycles. The first-order valence-electron chi connectivity index (χ1n) is 11.7. The summed E-state index contributed by atoms with van der Waals surface area (Å²) in [6.45, 7) is 8.13. The molecular weight excluding hydrogens is 450 g/mol. The van der Waals surface area contributed by atoms with Crippen LogP contribution in [0.1, 0.15) is 51.2 Å². The highest BCUT2D eigenvalue weighted by atomic mass is 32.2. The van der Waals surface area contributed by atoms with E-state index in [0.29, 0.717) is 18.7 Å². The quantitative estimate of drug-likeness (QED) is 0.492. The third-order valence-corrected chi connectivity index (χ3v) is 7.16. The smallest absolute Gasteiger partial charge is 0.242 e. The predicted octanol–water partition coefficient (Wildman–Crippen LogP) is 3.87. The highest BCUT2D eigenvalue weighted by molar-refractivity contribution is 7.92. The molecule has 0 aliphatic rings. The van der Waals surface area contributed by atoms with E-state index in [9.17, 15) is 18.0 Å². The van der Waals surface area contributed by atoms with Crippen molar-refractivity contribution in [1.82, 2.24) is 10.2 Å². The second kappa shape index (κ2) is 12.6. The Labute approximate surface area is 204 Å². The van der Waals surface area contributed by atoms with Crippen LogP contribution in [-0.2, 0) is 26.2 Å². The molecule has 2 atom stereocenters. The fourth-order valence-corrected chi connectivity index (χ4v) is 4.58. The highest BCUT2D eigenvalue weighted by Gasteiger charge is 2.27. The van der Waals surface area contributed by atoms with Crippen molar-refractivity contribution in [1.29, 1.82) is 0 Å². The van der Waals surface area contributed by atoms with Gasteiger partial charge in [0.1, 0.15) is 6.04 Å². The first kappa shape index (κ1) is 27.4. The Kier molecular flexibility index (Phi) is 10.1. The molecule has 0 radical (unpaired) electrons. The number of amides is 2. The van der Waals surface area contributed by atoms with Gasteiger partial charge in [0.15, 0.2) is 0 Å². The molecule has 8 heteroatoms. The van der Waals surface area contributed by atoms with Gasteiger partial charge in [-0.05, 0) is 56.9 Å². The molecule has 2 amide bonds. The van der Waals surface area contributed by atoms with Gasteiger partial charge in [-0.3, -0.25) is 13.9 Å². The van der Waals surface area contributed by atoms with Gasteiger partial charge >= 0.3 is 0 Å². The van der Waals surface area contributed by atoms with Gasteiger partial charge in [-0.25, -0.2) is 8.42 Å². The molecule has 0 spiro atoms. The number of nitrogens with zero attached hydrogens (tertiary/aromatic N) is 2. The standard InChI is InChI=1S/C26H37N3O4S/c1-6-21(3)27-26(31)22(4)28(19-23-14-11-10-13-20(23)2)25(30)17-12-18-29(34(5,32)33)24-15-8-7-9-16-24/h7-11,13-16,21-22H,6,12,17-19H2,1-5H3,(H,27,31)/t21-,22+/m1/s1. The molecule has 0 heterocycles. The van der Waals surface area contributed by atoms with Gasteiger partial charge in [-0.1, -0.05) is 49.4 Å². The van der Waals surface area contributed by atoms with Crippen LogP contribution in [0.3, 0.4) is 0 Å². The first-order chi connectivity index (χ1) is 16.0. The molecule has 0 unspecified atom stereocenters. The lowest BCUT2D eigenvalue weighted by Crippen LogP contribution is -2.49. The Bertz CT molecular complexity index is 1060. The summed E-state index contributed by atoms with van der Waals surface area (Å²) in [4.78, 5) is 27.7. The van der Waals surface area contributed by atoms with Crippen molar-refractivity contribution in [3.63, 3.8) is 0 Å². The summed E-state index contributed by atoms with van der Waals surface area (Å²) < 4.78 is 26.0. The summed E-state index contributed by atoms with van der Waals surface area (Å²) in [6, 6.07) is 16.0. The Morgan fingerprint density at radius 3 is 2.21 bits per heavy atom. The fourth-order valence-electron chi connectivity index (χ4n) is 3.62. The van der Waals surface area contributed by atoms with Gasteiger partial charge in [-0.2, -0.15) is 0 Å². The molecular formula is C26H37N3O4S. The lowest BCUT2D eigenvalue weighted by atomic mass is 10.1. The maximum atomic E-state index is 13.3. The second-order valence-corrected chi connectivity index (χ2v) is 10.6. The fraction of sp³-hybridized carbons (Fsp3) is 0.462. The molecule has 1 N–H and O–H groups in total. The van der Waals surface area contributed by atoms with Crippen molar-refractivity contribution in [2.24, 2.45) is 0 Å². The number of anilines is 1. The third-order valence-electron chi connectivity index (χ3n) is 5.97. The Hall–Kier alpha value is -2.87. The number of aryl methyl sites for hydroxylation is 1. The SMILES string of the molecule is CC[C@@H](C)NC(=O)[C@H](C)N(Cc1ccccc1C)C(=O)CCCN(c1ccccc1)S(C)(=O)=O. The number of nitrogens with one attached hydrogen (secondary N) is 1. The van der Waals surface area contributed by atoms with Crippen molar-refractivity contribution < 1.29 is 18.0 Å². The topological polar surface area (TPSA) is 86.8 Å². The summed E-state index contributed by atoms with van der Waals surface area (Å²) in [5.74, 6) is -0.380. The van der Waals surface area contributed by atoms with Crippen LogP contribution in [0.15, 0.2) is 54.6 Å². The molecule has 0 bridgehead atoms. The first-order valence-corrected chi connectivity index (χ1v) is 13.6. The van der Waals surface area contributed by atoms with Crippen LogP contribution < -0.4 is 9.62 Å². The van der Waals surface area contributed by atoms with Crippen LogP contribution in [0.4, 0.5) is 5.69 Å². The second-order valence-electron chi connectivity index (χ2n) is 8.72. The molecule has 7 nitrogen and oxygen atoms in total. The van der Waals surface area contributed by atoms with Gasteiger partial charge in [0.05, 0.1) is 11.9 Å². The van der Waals surface area contributed by atoms with Crippen LogP contribution >= 0.6 is 0 Å². The van der Waals surface area contributed by atoms with Crippen molar-refractivity contribution in [2.75, 3.05) is 17.1 Å². The minimum absolute atomic E-state index is 0.0135. The van der Waals surface area contributed by atoms with Crippen LogP contribution in [0.5, 0.6) is 0 Å². The van der Waals surface area contributed by atoms with Crippen molar-refractivity contribution in [3.05, 3.63) is 65.7 Å². The number of para-hydroxylation sites is 1. The molecule has 0 fully saturated rings. The zero-order valence-corrected chi connectivity index (χ0v) is 21.6. The molecule has 0 saturated carbocycles. The molecule has 2 aromatic rings. The maximum absolute atomic E-state index is 13.3. The van der Waals surface area contributed by atoms with Crippen molar-refractivity contribution in [3.8, 4) is 0 Å². The van der Waals surface area contributed by atoms with E-state index in [1.54, 1.807) is 36.1 Å². The van der Waals surface area contributed by atoms with E-state index in [-0.39, 0.29) is 30.8 Å². The van der Waals surface area contributed by atoms with Gasteiger partial charge in [0.25, 0.3) is 0 Å². The number of sulfonamides is 1. The number of hydrogen-bond donors (Lipinski definition) is 1. The minimum Gasteiger partial charge on any atom is -0.352 e. The van der Waals surface area contributed by atoms with E-state index in [4.69, 9.17) is 0 Å². The van der Waals surface area contributed by atoms with Crippen LogP contribution in [0, 0.1) is 6.92 Å². The van der Waals surface area contributed by atoms with Crippen LogP contribution in [0.2, 0.25) is 0 Å². The largest absolute Gasteiger partial charge is 0.352 e. The van der Waals surface area contributed by atoms with Crippen molar-refractivity contribution in [2.45, 2.75) is 65.6 Å². The van der Waals surface area contributed by atoms with Crippen LogP contribution in [0.25, 0.3) is 0 Å². The van der Waals surface area contributed by atoms with Gasteiger partial charge < -0.3 is 10.2 Å². The zero-order valence-electron chi connectivity index (χ0n) is 20.8. The van der Waals surface area contributed by atoms with E-state index < -0.39 is 16.1 Å². The average Bonchev–Trinajstić information content (AvgIpc) is 2.80. The molecule has 0 saturated heterocycles. The summed E-state index contributed by atoms with van der Waals surface area (Å²) in [5.41, 5.74) is 2.58. The molecule has 0 aliphatic carbocycles. The number of rotatable bonds is 12. The summed E-state index contributed by atoms with van der Waals surface area (Å²) in [5, 5.41) is 2.96. The Balaban J connectivity index is 2.16. The molecule has 2 rings (SSSR count). The Morgan fingerprint density at radius 1 is 1.00 bits per heavy atom. The molecule has 186 valence electrons. The summed E-state index contributed by atoms with van der Waals surface area (Å²) in [6.07, 6.45) is 2.43. The number of carbonyl (C=O) groups is 2. The summed E-state index contributed by atoms with van der Waals surface area (Å²) >= 11 is 0. The molecule has 0 aliphatic heterocycles. The average molecular weight is 488 g/mol. The van der Waals surface area contributed by atoms with Gasteiger partial charge in [-0.15, -0.1) is 0 Å². The monoisotopic (exact) mass is 487 g/mol. The molecule has 34 heavy (non-hydrogen) atoms. The molecule has 2 aromatic carbocycles. The lowest BCUT2D eigenvalue weighted by Gasteiger charge is -2.30. The van der Waals surface area contributed by atoms with Gasteiger partial charge in [0.2, 0.25) is 21.8 Å². The van der Waals surface area contributed by atoms with E-state index in [1.807, 2.05) is 51.1 Å². The summed E-state index contributed by atoms with van der Waals surface area (Å²) in [7, 11) is -3.49. The Morgan fingerprint density at radius 2 is 1.62 bits per heavy atom.